The molecule has 1 aromatic carbocycles. The number of pyridine rings is 1. The van der Waals surface area contributed by atoms with Crippen LogP contribution in [-0.2, 0) is 13.1 Å². The summed E-state index contributed by atoms with van der Waals surface area (Å²) >= 11 is 0. The van der Waals surface area contributed by atoms with Crippen molar-refractivity contribution in [2.24, 2.45) is 0 Å². The highest BCUT2D eigenvalue weighted by atomic mass is 19.3. The second-order valence-electron chi connectivity index (χ2n) is 4.29. The van der Waals surface area contributed by atoms with Crippen molar-refractivity contribution >= 4 is 0 Å². The summed E-state index contributed by atoms with van der Waals surface area (Å²) in [6, 6.07) is 8.81. The van der Waals surface area contributed by atoms with Crippen molar-refractivity contribution < 1.29 is 18.3 Å². The molecule has 2 rings (SSSR count). The summed E-state index contributed by atoms with van der Waals surface area (Å²) in [5.74, 6) is 0.352. The lowest BCUT2D eigenvalue weighted by Crippen LogP contribution is -2.15. The van der Waals surface area contributed by atoms with Crippen LogP contribution in [0.1, 0.15) is 11.1 Å². The molecule has 1 N–H and O–H groups in total. The van der Waals surface area contributed by atoms with E-state index in [0.29, 0.717) is 18.7 Å². The molecule has 0 aliphatic heterocycles. The number of rotatable bonds is 7. The second kappa shape index (κ2) is 7.54. The lowest BCUT2D eigenvalue weighted by molar-refractivity contribution is -0.0518. The number of benzene rings is 1. The van der Waals surface area contributed by atoms with Gasteiger partial charge in [0.25, 0.3) is 0 Å². The number of aromatic nitrogens is 1. The highest BCUT2D eigenvalue weighted by molar-refractivity contribution is 5.46. The predicted octanol–water partition coefficient (Wildman–Crippen LogP) is 2.98. The van der Waals surface area contributed by atoms with Gasteiger partial charge in [-0.1, -0.05) is 18.2 Å². The Morgan fingerprint density at radius 2 is 2.05 bits per heavy atom. The maximum absolute atomic E-state index is 12.5. The van der Waals surface area contributed by atoms with Gasteiger partial charge in [-0.05, 0) is 17.7 Å². The number of hydrogen-bond donors (Lipinski definition) is 1. The average Bonchev–Trinajstić information content (AvgIpc) is 2.49. The molecule has 6 heteroatoms. The van der Waals surface area contributed by atoms with Crippen LogP contribution in [0.25, 0.3) is 0 Å². The zero-order chi connectivity index (χ0) is 15.1. The summed E-state index contributed by atoms with van der Waals surface area (Å²) in [4.78, 5) is 4.01. The second-order valence-corrected chi connectivity index (χ2v) is 4.29. The van der Waals surface area contributed by atoms with Crippen LogP contribution in [0, 0.1) is 0 Å². The number of para-hydroxylation sites is 1. The smallest absolute Gasteiger partial charge is 0.387 e. The minimum atomic E-state index is -2.89. The van der Waals surface area contributed by atoms with Crippen molar-refractivity contribution in [2.75, 3.05) is 7.11 Å². The van der Waals surface area contributed by atoms with Gasteiger partial charge >= 0.3 is 6.61 Å². The van der Waals surface area contributed by atoms with Crippen LogP contribution in [0.3, 0.4) is 0 Å². The topological polar surface area (TPSA) is 43.4 Å². The van der Waals surface area contributed by atoms with Crippen LogP contribution in [0.5, 0.6) is 11.5 Å². The molecule has 1 aromatic heterocycles. The Morgan fingerprint density at radius 3 is 2.71 bits per heavy atom. The van der Waals surface area contributed by atoms with Gasteiger partial charge in [0.15, 0.2) is 11.5 Å². The third kappa shape index (κ3) is 4.39. The van der Waals surface area contributed by atoms with E-state index in [4.69, 9.17) is 4.74 Å². The van der Waals surface area contributed by atoms with Crippen molar-refractivity contribution in [1.82, 2.24) is 10.3 Å². The van der Waals surface area contributed by atoms with Gasteiger partial charge < -0.3 is 14.8 Å². The molecule has 0 bridgehead atoms. The van der Waals surface area contributed by atoms with Crippen molar-refractivity contribution in [2.45, 2.75) is 19.7 Å². The highest BCUT2D eigenvalue weighted by Crippen LogP contribution is 2.32. The first-order valence-corrected chi connectivity index (χ1v) is 6.41. The number of nitrogens with one attached hydrogen (secondary N) is 1. The standard InChI is InChI=1S/C15H16F2N2O2/c1-20-13-6-2-5-12(14(13)21-15(16)17)10-19-9-11-4-3-7-18-8-11/h2-8,15,19H,9-10H2,1H3. The molecule has 1 heterocycles. The molecule has 0 aliphatic carbocycles. The molecule has 0 atom stereocenters. The van der Waals surface area contributed by atoms with Crippen molar-refractivity contribution in [3.8, 4) is 11.5 Å². The largest absolute Gasteiger partial charge is 0.493 e. The Morgan fingerprint density at radius 1 is 1.19 bits per heavy atom. The number of methoxy groups -OCH3 is 1. The van der Waals surface area contributed by atoms with Crippen LogP contribution in [0.4, 0.5) is 8.78 Å². The van der Waals surface area contributed by atoms with E-state index in [1.165, 1.54) is 7.11 Å². The van der Waals surface area contributed by atoms with Crippen molar-refractivity contribution in [1.29, 1.82) is 0 Å². The fourth-order valence-electron chi connectivity index (χ4n) is 1.93. The lowest BCUT2D eigenvalue weighted by atomic mass is 10.1. The highest BCUT2D eigenvalue weighted by Gasteiger charge is 2.14. The molecule has 2 aromatic rings. The fraction of sp³-hybridized carbons (Fsp3) is 0.267. The van der Waals surface area contributed by atoms with Gasteiger partial charge in [0.05, 0.1) is 7.11 Å². The van der Waals surface area contributed by atoms with Gasteiger partial charge in [-0.15, -0.1) is 0 Å². The monoisotopic (exact) mass is 294 g/mol. The van der Waals surface area contributed by atoms with E-state index < -0.39 is 6.61 Å². The van der Waals surface area contributed by atoms with E-state index in [9.17, 15) is 8.78 Å². The Balaban J connectivity index is 2.05. The summed E-state index contributed by atoms with van der Waals surface area (Å²) in [6.45, 7) is -1.92. The van der Waals surface area contributed by atoms with E-state index in [0.717, 1.165) is 5.56 Å². The van der Waals surface area contributed by atoms with Gasteiger partial charge in [0.2, 0.25) is 0 Å². The van der Waals surface area contributed by atoms with Crippen molar-refractivity contribution in [3.05, 3.63) is 53.9 Å². The van der Waals surface area contributed by atoms with Gasteiger partial charge in [-0.2, -0.15) is 8.78 Å². The molecule has 0 spiro atoms. The first-order valence-electron chi connectivity index (χ1n) is 6.41. The van der Waals surface area contributed by atoms with E-state index in [-0.39, 0.29) is 11.5 Å². The summed E-state index contributed by atoms with van der Waals surface area (Å²) in [6.07, 6.45) is 3.44. The molecular formula is C15H16F2N2O2. The van der Waals surface area contributed by atoms with Gasteiger partial charge in [0, 0.05) is 31.0 Å². The molecule has 0 saturated heterocycles. The first kappa shape index (κ1) is 15.2. The zero-order valence-corrected chi connectivity index (χ0v) is 11.6. The normalized spacial score (nSPS) is 10.7. The molecule has 0 unspecified atom stereocenters. The molecule has 0 amide bonds. The molecule has 0 fully saturated rings. The molecule has 112 valence electrons. The summed E-state index contributed by atoms with van der Waals surface area (Å²) < 4.78 is 34.6. The average molecular weight is 294 g/mol. The third-order valence-electron chi connectivity index (χ3n) is 2.85. The number of ether oxygens (including phenoxy) is 2. The summed E-state index contributed by atoms with van der Waals surface area (Å²) in [5.41, 5.74) is 1.62. The maximum atomic E-state index is 12.5. The predicted molar refractivity (Wildman–Crippen MR) is 74.4 cm³/mol. The minimum Gasteiger partial charge on any atom is -0.493 e. The van der Waals surface area contributed by atoms with Gasteiger partial charge in [-0.3, -0.25) is 4.98 Å². The Labute approximate surface area is 121 Å². The van der Waals surface area contributed by atoms with Gasteiger partial charge in [0.1, 0.15) is 0 Å². The summed E-state index contributed by atoms with van der Waals surface area (Å²) in [7, 11) is 1.42. The first-order chi connectivity index (χ1) is 10.2. The molecular weight excluding hydrogens is 278 g/mol. The molecule has 0 radical (unpaired) electrons. The van der Waals surface area contributed by atoms with Crippen LogP contribution < -0.4 is 14.8 Å². The van der Waals surface area contributed by atoms with Gasteiger partial charge in [-0.25, -0.2) is 0 Å². The fourth-order valence-corrected chi connectivity index (χ4v) is 1.93. The Kier molecular flexibility index (Phi) is 5.45. The number of hydrogen-bond acceptors (Lipinski definition) is 4. The van der Waals surface area contributed by atoms with Crippen LogP contribution >= 0.6 is 0 Å². The maximum Gasteiger partial charge on any atom is 0.387 e. The Hall–Kier alpha value is -2.21. The van der Waals surface area contributed by atoms with Crippen molar-refractivity contribution in [3.63, 3.8) is 0 Å². The van der Waals surface area contributed by atoms with E-state index in [2.05, 4.69) is 15.0 Å². The lowest BCUT2D eigenvalue weighted by Gasteiger charge is -2.14. The van der Waals surface area contributed by atoms with Crippen LogP contribution in [0.2, 0.25) is 0 Å². The van der Waals surface area contributed by atoms with E-state index >= 15 is 0 Å². The minimum absolute atomic E-state index is 0.0636. The molecule has 21 heavy (non-hydrogen) atoms. The number of alkyl halides is 2. The SMILES string of the molecule is COc1cccc(CNCc2cccnc2)c1OC(F)F. The molecule has 0 saturated carbocycles. The van der Waals surface area contributed by atoms with Crippen LogP contribution in [-0.4, -0.2) is 18.7 Å². The number of halogens is 2. The zero-order valence-electron chi connectivity index (χ0n) is 11.6. The summed E-state index contributed by atoms with van der Waals surface area (Å²) in [5, 5.41) is 3.16. The number of nitrogens with zero attached hydrogens (tertiary/aromatic N) is 1. The molecule has 0 aliphatic rings. The van der Waals surface area contributed by atoms with Crippen LogP contribution in [0.15, 0.2) is 42.7 Å². The Bertz CT molecular complexity index is 565. The third-order valence-corrected chi connectivity index (χ3v) is 2.85. The van der Waals surface area contributed by atoms with E-state index in [1.54, 1.807) is 30.6 Å². The molecule has 4 nitrogen and oxygen atoms in total. The van der Waals surface area contributed by atoms with E-state index in [1.807, 2.05) is 12.1 Å². The quantitative estimate of drug-likeness (QED) is 0.852.